The molecule has 0 bridgehead atoms. The van der Waals surface area contributed by atoms with Crippen molar-refractivity contribution in [2.24, 2.45) is 5.73 Å². The maximum Gasteiger partial charge on any atom is 0.260 e. The third-order valence-electron chi connectivity index (χ3n) is 3.37. The fourth-order valence-electron chi connectivity index (χ4n) is 2.33. The van der Waals surface area contributed by atoms with Crippen LogP contribution in [0, 0.1) is 20.8 Å². The number of hydrogen-bond acceptors (Lipinski definition) is 5. The molecule has 0 aliphatic rings. The predicted molar refractivity (Wildman–Crippen MR) is 83.7 cm³/mol. The lowest BCUT2D eigenvalue weighted by Gasteiger charge is -2.13. The molecule has 2 heterocycles. The van der Waals surface area contributed by atoms with Crippen LogP contribution in [0.15, 0.2) is 11.1 Å². The third kappa shape index (κ3) is 3.18. The Hall–Kier alpha value is -1.22. The molecule has 8 heteroatoms. The second kappa shape index (κ2) is 5.88. The molecule has 1 unspecified atom stereocenters. The van der Waals surface area contributed by atoms with Crippen LogP contribution in [0.3, 0.4) is 0 Å². The van der Waals surface area contributed by atoms with Gasteiger partial charge in [-0.1, -0.05) is 0 Å². The van der Waals surface area contributed by atoms with Gasteiger partial charge in [-0.05, 0) is 39.3 Å². The van der Waals surface area contributed by atoms with Crippen molar-refractivity contribution >= 4 is 21.4 Å². The second-order valence-electron chi connectivity index (χ2n) is 5.05. The summed E-state index contributed by atoms with van der Waals surface area (Å²) in [5.74, 6) is 0. The second-order valence-corrected chi connectivity index (χ2v) is 8.14. The summed E-state index contributed by atoms with van der Waals surface area (Å²) in [6.45, 7) is 7.70. The molecule has 0 aromatic carbocycles. The highest BCUT2D eigenvalue weighted by atomic mass is 32.2. The van der Waals surface area contributed by atoms with Crippen molar-refractivity contribution in [3.05, 3.63) is 32.6 Å². The van der Waals surface area contributed by atoms with Gasteiger partial charge in [0.15, 0.2) is 5.03 Å². The van der Waals surface area contributed by atoms with Gasteiger partial charge in [0.1, 0.15) is 0 Å². The molecule has 0 aliphatic heterocycles. The zero-order valence-electron chi connectivity index (χ0n) is 12.5. The van der Waals surface area contributed by atoms with E-state index in [2.05, 4.69) is 14.9 Å². The SMILES string of the molecule is Cc1cc(C(C)NS(=O)(=O)c2n[nH]c(C)c2CN)c(C)s1. The molecule has 0 saturated heterocycles. The van der Waals surface area contributed by atoms with E-state index in [0.717, 1.165) is 15.3 Å². The van der Waals surface area contributed by atoms with Crippen molar-refractivity contribution in [1.29, 1.82) is 0 Å². The number of aryl methyl sites for hydroxylation is 3. The van der Waals surface area contributed by atoms with E-state index in [-0.39, 0.29) is 17.6 Å². The molecule has 116 valence electrons. The van der Waals surface area contributed by atoms with Crippen LogP contribution in [0.2, 0.25) is 0 Å². The zero-order valence-corrected chi connectivity index (χ0v) is 14.2. The molecular formula is C13H20N4O2S2. The van der Waals surface area contributed by atoms with E-state index < -0.39 is 10.0 Å². The lowest BCUT2D eigenvalue weighted by molar-refractivity contribution is 0.561. The summed E-state index contributed by atoms with van der Waals surface area (Å²) in [5.41, 5.74) is 7.80. The molecular weight excluding hydrogens is 308 g/mol. The van der Waals surface area contributed by atoms with Crippen molar-refractivity contribution in [3.8, 4) is 0 Å². The van der Waals surface area contributed by atoms with Gasteiger partial charge in [-0.25, -0.2) is 13.1 Å². The zero-order chi connectivity index (χ0) is 15.8. The molecule has 0 radical (unpaired) electrons. The molecule has 2 aromatic rings. The van der Waals surface area contributed by atoms with Gasteiger partial charge < -0.3 is 5.73 Å². The van der Waals surface area contributed by atoms with Gasteiger partial charge >= 0.3 is 0 Å². The predicted octanol–water partition coefficient (Wildman–Crippen LogP) is 1.89. The first-order chi connectivity index (χ1) is 9.76. The third-order valence-corrected chi connectivity index (χ3v) is 5.86. The molecule has 0 saturated carbocycles. The normalized spacial score (nSPS) is 13.6. The van der Waals surface area contributed by atoms with Crippen LogP contribution in [-0.4, -0.2) is 18.6 Å². The van der Waals surface area contributed by atoms with Gasteiger partial charge in [-0.15, -0.1) is 11.3 Å². The highest BCUT2D eigenvalue weighted by molar-refractivity contribution is 7.89. The number of nitrogens with one attached hydrogen (secondary N) is 2. The average molecular weight is 328 g/mol. The minimum absolute atomic E-state index is 0.0149. The number of thiophene rings is 1. The number of aromatic nitrogens is 2. The van der Waals surface area contributed by atoms with Gasteiger partial charge in [0.2, 0.25) is 0 Å². The Morgan fingerprint density at radius 2 is 2.10 bits per heavy atom. The quantitative estimate of drug-likeness (QED) is 0.780. The molecule has 6 nitrogen and oxygen atoms in total. The van der Waals surface area contributed by atoms with E-state index in [1.165, 1.54) is 0 Å². The highest BCUT2D eigenvalue weighted by Gasteiger charge is 2.26. The van der Waals surface area contributed by atoms with Crippen LogP contribution < -0.4 is 10.5 Å². The van der Waals surface area contributed by atoms with Gasteiger partial charge in [-0.3, -0.25) is 5.10 Å². The van der Waals surface area contributed by atoms with Gasteiger partial charge in [-0.2, -0.15) is 5.10 Å². The maximum atomic E-state index is 12.5. The Bertz CT molecular complexity index is 746. The number of aromatic amines is 1. The van der Waals surface area contributed by atoms with Crippen molar-refractivity contribution in [2.75, 3.05) is 0 Å². The van der Waals surface area contributed by atoms with E-state index >= 15 is 0 Å². The first-order valence-electron chi connectivity index (χ1n) is 6.59. The Morgan fingerprint density at radius 3 is 2.62 bits per heavy atom. The minimum atomic E-state index is -3.70. The lowest BCUT2D eigenvalue weighted by atomic mass is 10.1. The number of rotatable bonds is 5. The van der Waals surface area contributed by atoms with Crippen LogP contribution in [0.25, 0.3) is 0 Å². The van der Waals surface area contributed by atoms with Crippen LogP contribution in [-0.2, 0) is 16.6 Å². The van der Waals surface area contributed by atoms with Crippen molar-refractivity contribution in [3.63, 3.8) is 0 Å². The topological polar surface area (TPSA) is 101 Å². The van der Waals surface area contributed by atoms with E-state index in [4.69, 9.17) is 5.73 Å². The minimum Gasteiger partial charge on any atom is -0.326 e. The molecule has 0 aliphatic carbocycles. The summed E-state index contributed by atoms with van der Waals surface area (Å²) in [6.07, 6.45) is 0. The van der Waals surface area contributed by atoms with Crippen molar-refractivity contribution in [1.82, 2.24) is 14.9 Å². The summed E-state index contributed by atoms with van der Waals surface area (Å²) in [6, 6.07) is 1.69. The average Bonchev–Trinajstić information content (AvgIpc) is 2.91. The molecule has 2 aromatic heterocycles. The van der Waals surface area contributed by atoms with E-state index in [1.54, 1.807) is 18.3 Å². The Morgan fingerprint density at radius 1 is 1.43 bits per heavy atom. The van der Waals surface area contributed by atoms with E-state index in [9.17, 15) is 8.42 Å². The number of hydrogen-bond donors (Lipinski definition) is 3. The highest BCUT2D eigenvalue weighted by Crippen LogP contribution is 2.27. The first-order valence-corrected chi connectivity index (χ1v) is 8.89. The summed E-state index contributed by atoms with van der Waals surface area (Å²) in [4.78, 5) is 2.27. The van der Waals surface area contributed by atoms with Crippen molar-refractivity contribution < 1.29 is 8.42 Å². The lowest BCUT2D eigenvalue weighted by Crippen LogP contribution is -2.28. The molecule has 1 atom stereocenters. The molecule has 4 N–H and O–H groups in total. The fraction of sp³-hybridized carbons (Fsp3) is 0.462. The molecule has 21 heavy (non-hydrogen) atoms. The van der Waals surface area contributed by atoms with E-state index in [1.807, 2.05) is 26.8 Å². The number of H-pyrrole nitrogens is 1. The van der Waals surface area contributed by atoms with Crippen LogP contribution in [0.5, 0.6) is 0 Å². The van der Waals surface area contributed by atoms with Gasteiger partial charge in [0.25, 0.3) is 10.0 Å². The van der Waals surface area contributed by atoms with Gasteiger partial charge in [0, 0.05) is 33.6 Å². The van der Waals surface area contributed by atoms with Gasteiger partial charge in [0.05, 0.1) is 0 Å². The number of sulfonamides is 1. The number of nitrogens with two attached hydrogens (primary N) is 1. The number of nitrogens with zero attached hydrogens (tertiary/aromatic N) is 1. The molecule has 2 rings (SSSR count). The standard InChI is InChI=1S/C13H20N4O2S2/c1-7-5-11(10(4)20-7)9(3)17-21(18,19)13-12(6-14)8(2)15-16-13/h5,9,17H,6,14H2,1-4H3,(H,15,16). The summed E-state index contributed by atoms with van der Waals surface area (Å²) in [5, 5.41) is 6.54. The Kier molecular flexibility index (Phi) is 4.52. The molecule has 0 fully saturated rings. The Labute approximate surface area is 128 Å². The summed E-state index contributed by atoms with van der Waals surface area (Å²) < 4.78 is 27.6. The largest absolute Gasteiger partial charge is 0.326 e. The molecule has 0 spiro atoms. The van der Waals surface area contributed by atoms with Crippen LogP contribution in [0.4, 0.5) is 0 Å². The van der Waals surface area contributed by atoms with Crippen LogP contribution >= 0.6 is 11.3 Å². The van der Waals surface area contributed by atoms with Crippen LogP contribution in [0.1, 0.15) is 39.5 Å². The van der Waals surface area contributed by atoms with Crippen molar-refractivity contribution in [2.45, 2.75) is 45.3 Å². The summed E-state index contributed by atoms with van der Waals surface area (Å²) >= 11 is 1.65. The first kappa shape index (κ1) is 16.2. The fourth-order valence-corrected chi connectivity index (χ4v) is 4.78. The maximum absolute atomic E-state index is 12.5. The smallest absolute Gasteiger partial charge is 0.260 e. The van der Waals surface area contributed by atoms with E-state index in [0.29, 0.717) is 11.3 Å². The molecule has 0 amide bonds. The Balaban J connectivity index is 2.31. The monoisotopic (exact) mass is 328 g/mol. The summed E-state index contributed by atoms with van der Waals surface area (Å²) in [7, 11) is -3.70.